The van der Waals surface area contributed by atoms with E-state index in [1.165, 1.54) is 77.0 Å². The minimum atomic E-state index is 0.715. The third-order valence-corrected chi connectivity index (χ3v) is 4.32. The normalized spacial score (nSPS) is 12.7. The zero-order chi connectivity index (χ0) is 16.5. The lowest BCUT2D eigenvalue weighted by molar-refractivity contribution is 0.260. The smallest absolute Gasteiger partial charge is 0.0886 e. The number of ether oxygens (including phenoxy) is 1. The molecule has 0 radical (unpaired) electrons. The summed E-state index contributed by atoms with van der Waals surface area (Å²) >= 11 is 0. The molecule has 0 bridgehead atoms. The van der Waals surface area contributed by atoms with Crippen LogP contribution in [0.2, 0.25) is 0 Å². The van der Waals surface area contributed by atoms with Crippen molar-refractivity contribution in [1.29, 1.82) is 0 Å². The highest BCUT2D eigenvalue weighted by Crippen LogP contribution is 2.18. The van der Waals surface area contributed by atoms with Gasteiger partial charge in [-0.15, -0.1) is 0 Å². The van der Waals surface area contributed by atoms with Crippen LogP contribution >= 0.6 is 0 Å². The van der Waals surface area contributed by atoms with Gasteiger partial charge in [0.15, 0.2) is 0 Å². The topological polar surface area (TPSA) is 9.23 Å². The summed E-state index contributed by atoms with van der Waals surface area (Å²) in [7, 11) is 1.72. The van der Waals surface area contributed by atoms with Crippen LogP contribution in [0.5, 0.6) is 0 Å². The van der Waals surface area contributed by atoms with E-state index < -0.39 is 0 Å². The Morgan fingerprint density at radius 1 is 0.909 bits per heavy atom. The number of rotatable bonds is 16. The van der Waals surface area contributed by atoms with Gasteiger partial charge in [-0.2, -0.15) is 0 Å². The van der Waals surface area contributed by atoms with Gasteiger partial charge in [0.2, 0.25) is 0 Å². The van der Waals surface area contributed by atoms with Gasteiger partial charge in [-0.25, -0.2) is 0 Å². The molecule has 0 aliphatic heterocycles. The van der Waals surface area contributed by atoms with E-state index in [2.05, 4.69) is 32.6 Å². The van der Waals surface area contributed by atoms with E-state index in [4.69, 9.17) is 4.74 Å². The number of allylic oxidation sites excluding steroid dienone is 3. The molecule has 1 atom stereocenters. The summed E-state index contributed by atoms with van der Waals surface area (Å²) in [4.78, 5) is 0. The molecule has 0 saturated heterocycles. The molecule has 1 heteroatoms. The summed E-state index contributed by atoms with van der Waals surface area (Å²) in [6.45, 7) is 8.46. The molecule has 0 N–H and O–H groups in total. The number of hydrogen-bond acceptors (Lipinski definition) is 1. The molecule has 0 aromatic carbocycles. The molecule has 0 heterocycles. The fraction of sp³-hybridized carbons (Fsp3) is 0.810. The van der Waals surface area contributed by atoms with Gasteiger partial charge in [0.25, 0.3) is 0 Å². The second kappa shape index (κ2) is 16.6. The van der Waals surface area contributed by atoms with Crippen LogP contribution in [0.3, 0.4) is 0 Å². The van der Waals surface area contributed by atoms with Crippen molar-refractivity contribution in [2.45, 2.75) is 97.3 Å². The Hall–Kier alpha value is -0.720. The molecule has 22 heavy (non-hydrogen) atoms. The standard InChI is InChI=1S/C21H40O/c1-5-6-7-8-9-10-11-12-13-14-15-16-17-18-20(2)19-21(3)22-4/h8-9,20H,3,5-7,10-19H2,1-2,4H3/b9-8-. The average Bonchev–Trinajstić information content (AvgIpc) is 2.51. The van der Waals surface area contributed by atoms with Crippen molar-refractivity contribution < 1.29 is 4.74 Å². The first-order chi connectivity index (χ1) is 10.7. The Morgan fingerprint density at radius 2 is 1.45 bits per heavy atom. The zero-order valence-corrected chi connectivity index (χ0v) is 15.5. The van der Waals surface area contributed by atoms with Gasteiger partial charge in [-0.1, -0.05) is 90.4 Å². The van der Waals surface area contributed by atoms with E-state index >= 15 is 0 Å². The number of unbranched alkanes of at least 4 members (excludes halogenated alkanes) is 9. The maximum absolute atomic E-state index is 5.14. The van der Waals surface area contributed by atoms with Crippen LogP contribution in [0.4, 0.5) is 0 Å². The Kier molecular flexibility index (Phi) is 16.1. The van der Waals surface area contributed by atoms with Crippen molar-refractivity contribution >= 4 is 0 Å². The van der Waals surface area contributed by atoms with Crippen molar-refractivity contribution in [3.63, 3.8) is 0 Å². The van der Waals surface area contributed by atoms with Crippen LogP contribution in [-0.2, 0) is 4.74 Å². The molecule has 0 amide bonds. The fourth-order valence-electron chi connectivity index (χ4n) is 2.77. The molecule has 0 fully saturated rings. The van der Waals surface area contributed by atoms with E-state index in [1.54, 1.807) is 7.11 Å². The molecular formula is C21H40O. The lowest BCUT2D eigenvalue weighted by Crippen LogP contribution is -1.98. The molecule has 1 unspecified atom stereocenters. The first kappa shape index (κ1) is 21.3. The van der Waals surface area contributed by atoms with Crippen molar-refractivity contribution in [1.82, 2.24) is 0 Å². The molecule has 0 aromatic heterocycles. The van der Waals surface area contributed by atoms with Crippen LogP contribution in [0.15, 0.2) is 24.5 Å². The van der Waals surface area contributed by atoms with Crippen LogP contribution in [0, 0.1) is 5.92 Å². The van der Waals surface area contributed by atoms with E-state index in [-0.39, 0.29) is 0 Å². The van der Waals surface area contributed by atoms with Gasteiger partial charge in [0.05, 0.1) is 12.9 Å². The summed E-state index contributed by atoms with van der Waals surface area (Å²) in [5.74, 6) is 1.64. The third-order valence-electron chi connectivity index (χ3n) is 4.32. The van der Waals surface area contributed by atoms with E-state index in [9.17, 15) is 0 Å². The largest absolute Gasteiger partial charge is 0.502 e. The van der Waals surface area contributed by atoms with Crippen LogP contribution in [-0.4, -0.2) is 7.11 Å². The number of methoxy groups -OCH3 is 1. The Bertz CT molecular complexity index is 267. The summed E-state index contributed by atoms with van der Waals surface area (Å²) in [6, 6.07) is 0. The average molecular weight is 309 g/mol. The fourth-order valence-corrected chi connectivity index (χ4v) is 2.77. The van der Waals surface area contributed by atoms with E-state index in [0.29, 0.717) is 5.92 Å². The molecule has 130 valence electrons. The molecule has 1 nitrogen and oxygen atoms in total. The van der Waals surface area contributed by atoms with Crippen molar-refractivity contribution in [2.75, 3.05) is 7.11 Å². The maximum Gasteiger partial charge on any atom is 0.0886 e. The first-order valence-electron chi connectivity index (χ1n) is 9.57. The van der Waals surface area contributed by atoms with Gasteiger partial charge in [-0.3, -0.25) is 0 Å². The summed E-state index contributed by atoms with van der Waals surface area (Å²) in [6.07, 6.45) is 22.0. The van der Waals surface area contributed by atoms with Crippen molar-refractivity contribution in [3.8, 4) is 0 Å². The highest BCUT2D eigenvalue weighted by atomic mass is 16.5. The van der Waals surface area contributed by atoms with E-state index in [0.717, 1.165) is 12.2 Å². The van der Waals surface area contributed by atoms with Crippen LogP contribution in [0.1, 0.15) is 97.3 Å². The van der Waals surface area contributed by atoms with Gasteiger partial charge < -0.3 is 4.74 Å². The predicted molar refractivity (Wildman–Crippen MR) is 100 cm³/mol. The Balaban J connectivity index is 3.20. The molecule has 0 aromatic rings. The van der Waals surface area contributed by atoms with Crippen molar-refractivity contribution in [2.24, 2.45) is 5.92 Å². The molecule has 0 aliphatic rings. The maximum atomic E-state index is 5.14. The second-order valence-corrected chi connectivity index (χ2v) is 6.72. The first-order valence-corrected chi connectivity index (χ1v) is 9.57. The Labute approximate surface area is 140 Å². The molecule has 0 saturated carbocycles. The van der Waals surface area contributed by atoms with Gasteiger partial charge in [0, 0.05) is 6.42 Å². The summed E-state index contributed by atoms with van der Waals surface area (Å²) in [5, 5.41) is 0. The molecule has 0 rings (SSSR count). The summed E-state index contributed by atoms with van der Waals surface area (Å²) in [5.41, 5.74) is 0. The minimum Gasteiger partial charge on any atom is -0.502 e. The highest BCUT2D eigenvalue weighted by molar-refractivity contribution is 4.83. The van der Waals surface area contributed by atoms with Gasteiger partial charge in [-0.05, 0) is 25.2 Å². The van der Waals surface area contributed by atoms with Gasteiger partial charge in [0.1, 0.15) is 0 Å². The molecule has 0 aliphatic carbocycles. The van der Waals surface area contributed by atoms with E-state index in [1.807, 2.05) is 0 Å². The van der Waals surface area contributed by atoms with Crippen LogP contribution in [0.25, 0.3) is 0 Å². The van der Waals surface area contributed by atoms with Crippen molar-refractivity contribution in [3.05, 3.63) is 24.5 Å². The quantitative estimate of drug-likeness (QED) is 0.164. The highest BCUT2D eigenvalue weighted by Gasteiger charge is 2.04. The lowest BCUT2D eigenvalue weighted by Gasteiger charge is -2.12. The van der Waals surface area contributed by atoms with Gasteiger partial charge >= 0.3 is 0 Å². The lowest BCUT2D eigenvalue weighted by atomic mass is 9.98. The molecular weight excluding hydrogens is 268 g/mol. The Morgan fingerprint density at radius 3 is 2.05 bits per heavy atom. The number of hydrogen-bond donors (Lipinski definition) is 0. The third kappa shape index (κ3) is 15.7. The predicted octanol–water partition coefficient (Wildman–Crippen LogP) is 7.43. The SMILES string of the molecule is C=C(CC(C)CCCCCCCCC/C=C\CCCC)OC. The zero-order valence-electron chi connectivity index (χ0n) is 15.5. The van der Waals surface area contributed by atoms with Crippen LogP contribution < -0.4 is 0 Å². The molecule has 0 spiro atoms. The minimum absolute atomic E-state index is 0.715. The monoisotopic (exact) mass is 308 g/mol. The second-order valence-electron chi connectivity index (χ2n) is 6.72. The summed E-state index contributed by atoms with van der Waals surface area (Å²) < 4.78 is 5.14.